The molecule has 1 aromatic carbocycles. The van der Waals surface area contributed by atoms with Crippen LogP contribution < -0.4 is 5.32 Å². The topological polar surface area (TPSA) is 79.0 Å². The van der Waals surface area contributed by atoms with Gasteiger partial charge in [-0.3, -0.25) is 14.4 Å². The zero-order chi connectivity index (χ0) is 20.2. The summed E-state index contributed by atoms with van der Waals surface area (Å²) < 4.78 is 5.43. The largest absolute Gasteiger partial charge is 0.368 e. The smallest absolute Gasteiger partial charge is 0.249 e. The number of carbonyl (C=O) groups excluding carboxylic acids is 3. The fourth-order valence-electron chi connectivity index (χ4n) is 4.48. The summed E-state index contributed by atoms with van der Waals surface area (Å²) in [7, 11) is 0. The molecule has 7 nitrogen and oxygen atoms in total. The van der Waals surface area contributed by atoms with E-state index in [1.807, 2.05) is 35.2 Å². The van der Waals surface area contributed by atoms with Crippen molar-refractivity contribution in [3.05, 3.63) is 35.9 Å². The third-order valence-corrected chi connectivity index (χ3v) is 6.16. The predicted octanol–water partition coefficient (Wildman–Crippen LogP) is 1.32. The van der Waals surface area contributed by atoms with Crippen molar-refractivity contribution in [2.75, 3.05) is 26.2 Å². The lowest BCUT2D eigenvalue weighted by Crippen LogP contribution is -2.50. The van der Waals surface area contributed by atoms with Gasteiger partial charge >= 0.3 is 0 Å². The van der Waals surface area contributed by atoms with E-state index in [4.69, 9.17) is 4.74 Å². The maximum absolute atomic E-state index is 12.9. The number of hydrogen-bond donors (Lipinski definition) is 1. The van der Waals surface area contributed by atoms with Crippen LogP contribution in [0.2, 0.25) is 0 Å². The number of nitrogens with one attached hydrogen (secondary N) is 1. The molecule has 0 aromatic heterocycles. The molecule has 3 fully saturated rings. The van der Waals surface area contributed by atoms with Crippen LogP contribution in [0.3, 0.4) is 0 Å². The van der Waals surface area contributed by atoms with Crippen LogP contribution in [0.15, 0.2) is 30.3 Å². The van der Waals surface area contributed by atoms with Crippen LogP contribution in [-0.4, -0.2) is 65.9 Å². The highest BCUT2D eigenvalue weighted by atomic mass is 16.5. The molecule has 3 heterocycles. The van der Waals surface area contributed by atoms with Crippen LogP contribution in [0.25, 0.3) is 0 Å². The summed E-state index contributed by atoms with van der Waals surface area (Å²) in [6, 6.07) is 9.96. The molecule has 4 rings (SSSR count). The molecule has 29 heavy (non-hydrogen) atoms. The summed E-state index contributed by atoms with van der Waals surface area (Å²) in [6.07, 6.45) is 3.21. The van der Waals surface area contributed by atoms with Crippen LogP contribution in [-0.2, 0) is 25.7 Å². The Balaban J connectivity index is 1.24. The van der Waals surface area contributed by atoms with Gasteiger partial charge in [0.25, 0.3) is 0 Å². The van der Waals surface area contributed by atoms with Crippen LogP contribution in [0.5, 0.6) is 0 Å². The molecule has 0 spiro atoms. The molecule has 156 valence electrons. The van der Waals surface area contributed by atoms with Crippen LogP contribution >= 0.6 is 0 Å². The summed E-state index contributed by atoms with van der Waals surface area (Å²) in [5.41, 5.74) is 1.08. The Morgan fingerprint density at radius 2 is 1.86 bits per heavy atom. The van der Waals surface area contributed by atoms with Gasteiger partial charge in [0, 0.05) is 45.2 Å². The highest BCUT2D eigenvalue weighted by molar-refractivity contribution is 5.89. The van der Waals surface area contributed by atoms with E-state index in [9.17, 15) is 14.4 Å². The maximum atomic E-state index is 12.9. The number of ether oxygens (including phenoxy) is 1. The van der Waals surface area contributed by atoms with Gasteiger partial charge in [0.15, 0.2) is 0 Å². The van der Waals surface area contributed by atoms with Crippen molar-refractivity contribution in [2.45, 2.75) is 50.8 Å². The second kappa shape index (κ2) is 8.95. The summed E-state index contributed by atoms with van der Waals surface area (Å²) >= 11 is 0. The normalized spacial score (nSPS) is 25.4. The Labute approximate surface area is 171 Å². The SMILES string of the molecule is O=C(NC1CCN(C(=O)C2CC(=O)N(Cc3ccccc3)C2)CC1)C1CCCO1. The average Bonchev–Trinajstić information content (AvgIpc) is 3.40. The Morgan fingerprint density at radius 3 is 2.55 bits per heavy atom. The molecule has 3 amide bonds. The highest BCUT2D eigenvalue weighted by Crippen LogP contribution is 2.24. The van der Waals surface area contributed by atoms with Crippen molar-refractivity contribution in [3.8, 4) is 0 Å². The molecule has 3 aliphatic rings. The van der Waals surface area contributed by atoms with E-state index in [2.05, 4.69) is 5.32 Å². The van der Waals surface area contributed by atoms with Gasteiger partial charge in [0.1, 0.15) is 6.10 Å². The predicted molar refractivity (Wildman–Crippen MR) is 107 cm³/mol. The molecule has 0 saturated carbocycles. The van der Waals surface area contributed by atoms with E-state index in [0.717, 1.165) is 31.2 Å². The second-order valence-electron chi connectivity index (χ2n) is 8.27. The van der Waals surface area contributed by atoms with Crippen LogP contribution in [0.4, 0.5) is 0 Å². The maximum Gasteiger partial charge on any atom is 0.249 e. The van der Waals surface area contributed by atoms with Crippen LogP contribution in [0.1, 0.15) is 37.7 Å². The average molecular weight is 399 g/mol. The van der Waals surface area contributed by atoms with E-state index in [1.54, 1.807) is 4.90 Å². The molecule has 1 aromatic rings. The summed E-state index contributed by atoms with van der Waals surface area (Å²) in [5.74, 6) is -0.168. The van der Waals surface area contributed by atoms with Gasteiger partial charge in [-0.2, -0.15) is 0 Å². The molecular weight excluding hydrogens is 370 g/mol. The molecule has 2 atom stereocenters. The fourth-order valence-corrected chi connectivity index (χ4v) is 4.48. The fraction of sp³-hybridized carbons (Fsp3) is 0.591. The molecule has 3 saturated heterocycles. The van der Waals surface area contributed by atoms with Gasteiger partial charge in [-0.05, 0) is 31.2 Å². The second-order valence-corrected chi connectivity index (χ2v) is 8.27. The van der Waals surface area contributed by atoms with Gasteiger partial charge in [-0.25, -0.2) is 0 Å². The van der Waals surface area contributed by atoms with E-state index in [-0.39, 0.29) is 35.8 Å². The summed E-state index contributed by atoms with van der Waals surface area (Å²) in [5, 5.41) is 3.07. The van der Waals surface area contributed by atoms with E-state index in [1.165, 1.54) is 0 Å². The molecule has 1 N–H and O–H groups in total. The van der Waals surface area contributed by atoms with Gasteiger partial charge in [-0.1, -0.05) is 30.3 Å². The molecule has 7 heteroatoms. The zero-order valence-corrected chi connectivity index (χ0v) is 16.7. The number of carbonyl (C=O) groups is 3. The van der Waals surface area contributed by atoms with E-state index in [0.29, 0.717) is 39.2 Å². The van der Waals surface area contributed by atoms with Gasteiger partial charge < -0.3 is 19.9 Å². The molecule has 0 radical (unpaired) electrons. The third-order valence-electron chi connectivity index (χ3n) is 6.16. The lowest BCUT2D eigenvalue weighted by molar-refractivity contribution is -0.137. The van der Waals surface area contributed by atoms with Crippen molar-refractivity contribution in [3.63, 3.8) is 0 Å². The standard InChI is InChI=1S/C22H29N3O4/c26-20-13-17(15-25(20)14-16-5-2-1-3-6-16)22(28)24-10-8-18(9-11-24)23-21(27)19-7-4-12-29-19/h1-3,5-6,17-19H,4,7-15H2,(H,23,27). The number of rotatable bonds is 5. The molecule has 0 aliphatic carbocycles. The van der Waals surface area contributed by atoms with Gasteiger partial charge in [0.05, 0.1) is 5.92 Å². The van der Waals surface area contributed by atoms with Gasteiger partial charge in [-0.15, -0.1) is 0 Å². The number of nitrogens with zero attached hydrogens (tertiary/aromatic N) is 2. The number of hydrogen-bond acceptors (Lipinski definition) is 4. The van der Waals surface area contributed by atoms with Crippen molar-refractivity contribution in [1.82, 2.24) is 15.1 Å². The highest BCUT2D eigenvalue weighted by Gasteiger charge is 2.37. The quantitative estimate of drug-likeness (QED) is 0.810. The molecule has 3 aliphatic heterocycles. The zero-order valence-electron chi connectivity index (χ0n) is 16.7. The Morgan fingerprint density at radius 1 is 1.10 bits per heavy atom. The van der Waals surface area contributed by atoms with Crippen molar-refractivity contribution >= 4 is 17.7 Å². The monoisotopic (exact) mass is 399 g/mol. The first-order chi connectivity index (χ1) is 14.1. The number of benzene rings is 1. The molecule has 0 bridgehead atoms. The first-order valence-electron chi connectivity index (χ1n) is 10.6. The van der Waals surface area contributed by atoms with Crippen LogP contribution in [0, 0.1) is 5.92 Å². The minimum Gasteiger partial charge on any atom is -0.368 e. The lowest BCUT2D eigenvalue weighted by Gasteiger charge is -2.34. The number of amides is 3. The minimum atomic E-state index is -0.310. The minimum absolute atomic E-state index is 0.0229. The van der Waals surface area contributed by atoms with Gasteiger partial charge in [0.2, 0.25) is 17.7 Å². The Bertz CT molecular complexity index is 740. The summed E-state index contributed by atoms with van der Waals surface area (Å²) in [6.45, 7) is 2.95. The first-order valence-corrected chi connectivity index (χ1v) is 10.6. The number of piperidine rings is 1. The Kier molecular flexibility index (Phi) is 6.13. The molecular formula is C22H29N3O4. The summed E-state index contributed by atoms with van der Waals surface area (Å²) in [4.78, 5) is 41.1. The first kappa shape index (κ1) is 19.9. The molecule has 2 unspecified atom stereocenters. The third kappa shape index (κ3) is 4.78. The lowest BCUT2D eigenvalue weighted by atomic mass is 10.0. The van der Waals surface area contributed by atoms with E-state index >= 15 is 0 Å². The van der Waals surface area contributed by atoms with Crippen molar-refractivity contribution < 1.29 is 19.1 Å². The van der Waals surface area contributed by atoms with Crippen molar-refractivity contribution in [2.24, 2.45) is 5.92 Å². The number of likely N-dealkylation sites (tertiary alicyclic amines) is 2. The Hall–Kier alpha value is -2.41. The van der Waals surface area contributed by atoms with E-state index < -0.39 is 0 Å². The van der Waals surface area contributed by atoms with Crippen molar-refractivity contribution in [1.29, 1.82) is 0 Å².